The molecule has 2 aliphatic carbocycles. The molecule has 0 heterocycles. The molecule has 1 heteroatoms. The van der Waals surface area contributed by atoms with Crippen LogP contribution in [0.25, 0.3) is 0 Å². The molecular weight excluding hydrogens is 196 g/mol. The van der Waals surface area contributed by atoms with Gasteiger partial charge in [-0.05, 0) is 48.0 Å². The van der Waals surface area contributed by atoms with Crippen molar-refractivity contribution in [3.8, 4) is 0 Å². The predicted molar refractivity (Wildman–Crippen MR) is 68.1 cm³/mol. The number of allylic oxidation sites excluding steroid dienone is 1. The third-order valence-corrected chi connectivity index (χ3v) is 4.91. The van der Waals surface area contributed by atoms with Crippen molar-refractivity contribution in [1.82, 2.24) is 0 Å². The van der Waals surface area contributed by atoms with Gasteiger partial charge in [-0.2, -0.15) is 0 Å². The molecule has 0 saturated heterocycles. The van der Waals surface area contributed by atoms with Crippen LogP contribution in [0.5, 0.6) is 0 Å². The predicted octanol–water partition coefficient (Wildman–Crippen LogP) is 3.55. The van der Waals surface area contributed by atoms with Crippen LogP contribution in [0, 0.1) is 23.2 Å². The average Bonchev–Trinajstić information content (AvgIpc) is 2.51. The SMILES string of the molecule is C=C1C=CC2(CC1O)C(C)CCC2C(C)C. The maximum Gasteiger partial charge on any atom is 0.0792 e. The van der Waals surface area contributed by atoms with Crippen LogP contribution >= 0.6 is 0 Å². The first-order chi connectivity index (χ1) is 7.47. The highest BCUT2D eigenvalue weighted by Crippen LogP contribution is 2.56. The Balaban J connectivity index is 2.34. The lowest BCUT2D eigenvalue weighted by atomic mass is 9.63. The number of hydrogen-bond acceptors (Lipinski definition) is 1. The minimum Gasteiger partial charge on any atom is -0.388 e. The Hall–Kier alpha value is -0.560. The second kappa shape index (κ2) is 4.03. The van der Waals surface area contributed by atoms with Crippen molar-refractivity contribution >= 4 is 0 Å². The normalized spacial score (nSPS) is 43.6. The highest BCUT2D eigenvalue weighted by molar-refractivity contribution is 5.29. The molecule has 0 radical (unpaired) electrons. The summed E-state index contributed by atoms with van der Waals surface area (Å²) in [6.45, 7) is 10.9. The van der Waals surface area contributed by atoms with Crippen LogP contribution < -0.4 is 0 Å². The summed E-state index contributed by atoms with van der Waals surface area (Å²) in [5, 5.41) is 10.1. The molecule has 0 aliphatic heterocycles. The summed E-state index contributed by atoms with van der Waals surface area (Å²) in [5.41, 5.74) is 1.11. The van der Waals surface area contributed by atoms with Gasteiger partial charge >= 0.3 is 0 Å². The molecule has 1 spiro atoms. The van der Waals surface area contributed by atoms with Gasteiger partial charge in [-0.1, -0.05) is 39.5 Å². The van der Waals surface area contributed by atoms with Crippen LogP contribution in [0.15, 0.2) is 24.3 Å². The molecule has 0 bridgehead atoms. The van der Waals surface area contributed by atoms with Crippen LogP contribution in [0.2, 0.25) is 0 Å². The molecule has 4 unspecified atom stereocenters. The quantitative estimate of drug-likeness (QED) is 0.716. The van der Waals surface area contributed by atoms with E-state index in [0.29, 0.717) is 11.8 Å². The van der Waals surface area contributed by atoms with Crippen LogP contribution in [0.4, 0.5) is 0 Å². The minimum atomic E-state index is -0.327. The van der Waals surface area contributed by atoms with Gasteiger partial charge in [0.1, 0.15) is 0 Å². The molecule has 1 N–H and O–H groups in total. The molecule has 90 valence electrons. The van der Waals surface area contributed by atoms with Crippen LogP contribution in [0.3, 0.4) is 0 Å². The van der Waals surface area contributed by atoms with E-state index >= 15 is 0 Å². The Kier molecular flexibility index (Phi) is 3.00. The van der Waals surface area contributed by atoms with Gasteiger partial charge in [0.25, 0.3) is 0 Å². The van der Waals surface area contributed by atoms with E-state index in [9.17, 15) is 5.11 Å². The summed E-state index contributed by atoms with van der Waals surface area (Å²) < 4.78 is 0. The van der Waals surface area contributed by atoms with Gasteiger partial charge in [0.2, 0.25) is 0 Å². The second-order valence-corrected chi connectivity index (χ2v) is 6.07. The molecule has 0 amide bonds. The van der Waals surface area contributed by atoms with E-state index in [-0.39, 0.29) is 11.5 Å². The maximum atomic E-state index is 10.1. The molecule has 1 saturated carbocycles. The van der Waals surface area contributed by atoms with Gasteiger partial charge in [0.15, 0.2) is 0 Å². The van der Waals surface area contributed by atoms with E-state index in [4.69, 9.17) is 0 Å². The number of aliphatic hydroxyl groups excluding tert-OH is 1. The van der Waals surface area contributed by atoms with Crippen molar-refractivity contribution in [1.29, 1.82) is 0 Å². The Morgan fingerprint density at radius 2 is 2.12 bits per heavy atom. The van der Waals surface area contributed by atoms with E-state index in [1.54, 1.807) is 0 Å². The lowest BCUT2D eigenvalue weighted by Crippen LogP contribution is -2.38. The van der Waals surface area contributed by atoms with E-state index in [1.165, 1.54) is 12.8 Å². The highest BCUT2D eigenvalue weighted by atomic mass is 16.3. The Bertz CT molecular complexity index is 315. The van der Waals surface area contributed by atoms with E-state index in [0.717, 1.165) is 17.9 Å². The number of aliphatic hydroxyl groups is 1. The van der Waals surface area contributed by atoms with Crippen molar-refractivity contribution in [3.63, 3.8) is 0 Å². The van der Waals surface area contributed by atoms with E-state index in [1.807, 2.05) is 0 Å². The van der Waals surface area contributed by atoms with Crippen molar-refractivity contribution in [2.75, 3.05) is 0 Å². The first-order valence-corrected chi connectivity index (χ1v) is 6.53. The molecule has 0 aromatic heterocycles. The smallest absolute Gasteiger partial charge is 0.0792 e. The van der Waals surface area contributed by atoms with Crippen molar-refractivity contribution in [3.05, 3.63) is 24.3 Å². The lowest BCUT2D eigenvalue weighted by Gasteiger charge is -2.43. The summed E-state index contributed by atoms with van der Waals surface area (Å²) in [4.78, 5) is 0. The maximum absolute atomic E-state index is 10.1. The van der Waals surface area contributed by atoms with Crippen LogP contribution in [-0.4, -0.2) is 11.2 Å². The van der Waals surface area contributed by atoms with Crippen LogP contribution in [0.1, 0.15) is 40.0 Å². The Morgan fingerprint density at radius 1 is 1.44 bits per heavy atom. The largest absolute Gasteiger partial charge is 0.388 e. The first-order valence-electron chi connectivity index (χ1n) is 6.53. The van der Waals surface area contributed by atoms with Gasteiger partial charge in [0.05, 0.1) is 6.10 Å². The zero-order valence-corrected chi connectivity index (χ0v) is 10.7. The third kappa shape index (κ3) is 1.66. The zero-order chi connectivity index (χ0) is 11.9. The van der Waals surface area contributed by atoms with Crippen molar-refractivity contribution < 1.29 is 5.11 Å². The molecule has 16 heavy (non-hydrogen) atoms. The molecule has 4 atom stereocenters. The lowest BCUT2D eigenvalue weighted by molar-refractivity contribution is 0.0764. The molecule has 0 aromatic rings. The highest BCUT2D eigenvalue weighted by Gasteiger charge is 2.49. The Morgan fingerprint density at radius 3 is 2.69 bits per heavy atom. The fourth-order valence-electron chi connectivity index (χ4n) is 3.83. The molecular formula is C15H24O. The average molecular weight is 220 g/mol. The molecule has 2 rings (SSSR count). The van der Waals surface area contributed by atoms with E-state index in [2.05, 4.69) is 39.5 Å². The van der Waals surface area contributed by atoms with E-state index < -0.39 is 0 Å². The number of rotatable bonds is 1. The molecule has 0 aromatic carbocycles. The molecule has 1 nitrogen and oxygen atoms in total. The third-order valence-electron chi connectivity index (χ3n) is 4.91. The number of hydrogen-bond donors (Lipinski definition) is 1. The Labute approximate surface area is 99.3 Å². The van der Waals surface area contributed by atoms with Gasteiger partial charge in [-0.3, -0.25) is 0 Å². The van der Waals surface area contributed by atoms with Crippen molar-refractivity contribution in [2.24, 2.45) is 23.2 Å². The van der Waals surface area contributed by atoms with Gasteiger partial charge < -0.3 is 5.11 Å². The first kappa shape index (κ1) is 11.9. The molecule has 2 aliphatic rings. The van der Waals surface area contributed by atoms with Gasteiger partial charge in [0, 0.05) is 0 Å². The van der Waals surface area contributed by atoms with Crippen LogP contribution in [-0.2, 0) is 0 Å². The van der Waals surface area contributed by atoms with Crippen molar-refractivity contribution in [2.45, 2.75) is 46.1 Å². The second-order valence-electron chi connectivity index (χ2n) is 6.07. The fraction of sp³-hybridized carbons (Fsp3) is 0.733. The summed E-state index contributed by atoms with van der Waals surface area (Å²) >= 11 is 0. The summed E-state index contributed by atoms with van der Waals surface area (Å²) in [6.07, 6.45) is 7.57. The van der Waals surface area contributed by atoms with Gasteiger partial charge in [-0.25, -0.2) is 0 Å². The molecule has 1 fully saturated rings. The zero-order valence-electron chi connectivity index (χ0n) is 10.7. The standard InChI is InChI=1S/C15H24O/c1-10(2)13-6-5-12(4)15(13)8-7-11(3)14(16)9-15/h7-8,10,12-14,16H,3,5-6,9H2,1-2,4H3. The van der Waals surface area contributed by atoms with Gasteiger partial charge in [-0.15, -0.1) is 0 Å². The summed E-state index contributed by atoms with van der Waals surface area (Å²) in [7, 11) is 0. The summed E-state index contributed by atoms with van der Waals surface area (Å²) in [5.74, 6) is 2.12. The monoisotopic (exact) mass is 220 g/mol. The summed E-state index contributed by atoms with van der Waals surface area (Å²) in [6, 6.07) is 0. The topological polar surface area (TPSA) is 20.2 Å². The minimum absolute atomic E-state index is 0.231. The fourth-order valence-corrected chi connectivity index (χ4v) is 3.83.